The standard InChI is InChI=1S/C13H27NO5P/c1-7-17-20(16,19-13(15)12(2)3)18-11-9-8-10-14(4,5)6/h2,7-11H2,1,3-6H3/q+1. The fraction of sp³-hybridized carbons (Fsp3) is 0.769. The van der Waals surface area contributed by atoms with Crippen LogP contribution in [0.15, 0.2) is 12.2 Å². The molecule has 0 spiro atoms. The molecule has 0 rings (SSSR count). The number of quaternary nitrogens is 1. The van der Waals surface area contributed by atoms with Crippen LogP contribution in [0.5, 0.6) is 0 Å². The minimum absolute atomic E-state index is 0.139. The summed E-state index contributed by atoms with van der Waals surface area (Å²) >= 11 is 0. The van der Waals surface area contributed by atoms with Crippen molar-refractivity contribution in [2.24, 2.45) is 0 Å². The van der Waals surface area contributed by atoms with Crippen LogP contribution in [-0.4, -0.2) is 51.4 Å². The van der Waals surface area contributed by atoms with Gasteiger partial charge in [0.05, 0.1) is 40.9 Å². The smallest absolute Gasteiger partial charge is 0.367 e. The van der Waals surface area contributed by atoms with Gasteiger partial charge in [-0.2, -0.15) is 0 Å². The van der Waals surface area contributed by atoms with Crippen molar-refractivity contribution in [3.63, 3.8) is 0 Å². The molecular weight excluding hydrogens is 281 g/mol. The van der Waals surface area contributed by atoms with Gasteiger partial charge in [0.1, 0.15) is 0 Å². The van der Waals surface area contributed by atoms with Crippen molar-refractivity contribution in [1.82, 2.24) is 0 Å². The summed E-state index contributed by atoms with van der Waals surface area (Å²) < 4.78 is 27.9. The van der Waals surface area contributed by atoms with Gasteiger partial charge < -0.3 is 9.01 Å². The first kappa shape index (κ1) is 19.3. The van der Waals surface area contributed by atoms with E-state index >= 15 is 0 Å². The van der Waals surface area contributed by atoms with E-state index in [1.54, 1.807) is 6.92 Å². The molecular formula is C13H27NO5P+. The van der Waals surface area contributed by atoms with Crippen LogP contribution in [0, 0.1) is 0 Å². The van der Waals surface area contributed by atoms with Crippen LogP contribution < -0.4 is 0 Å². The Morgan fingerprint density at radius 2 is 1.80 bits per heavy atom. The number of phosphoric acid groups is 1. The Morgan fingerprint density at radius 1 is 1.20 bits per heavy atom. The first-order valence-electron chi connectivity index (χ1n) is 6.68. The predicted molar refractivity (Wildman–Crippen MR) is 78.2 cm³/mol. The summed E-state index contributed by atoms with van der Waals surface area (Å²) in [6.07, 6.45) is 1.64. The zero-order chi connectivity index (χ0) is 15.8. The first-order valence-corrected chi connectivity index (χ1v) is 8.15. The number of unbranched alkanes of at least 4 members (excludes halogenated alkanes) is 1. The Morgan fingerprint density at radius 3 is 2.25 bits per heavy atom. The second-order valence-electron chi connectivity index (χ2n) is 5.58. The van der Waals surface area contributed by atoms with E-state index in [1.165, 1.54) is 6.92 Å². The van der Waals surface area contributed by atoms with Gasteiger partial charge in [-0.1, -0.05) is 6.58 Å². The van der Waals surface area contributed by atoms with Gasteiger partial charge in [-0.25, -0.2) is 9.36 Å². The Balaban J connectivity index is 4.23. The maximum Gasteiger partial charge on any atom is 0.532 e. The highest BCUT2D eigenvalue weighted by Crippen LogP contribution is 2.50. The molecule has 0 aliphatic rings. The van der Waals surface area contributed by atoms with Crippen LogP contribution in [0.1, 0.15) is 26.7 Å². The van der Waals surface area contributed by atoms with Crippen LogP contribution in [0.2, 0.25) is 0 Å². The molecule has 0 aromatic heterocycles. The van der Waals surface area contributed by atoms with Gasteiger partial charge in [-0.15, -0.1) is 0 Å². The Kier molecular flexibility index (Phi) is 8.28. The van der Waals surface area contributed by atoms with Gasteiger partial charge in [0.2, 0.25) is 0 Å². The van der Waals surface area contributed by atoms with Gasteiger partial charge in [0, 0.05) is 5.57 Å². The average molecular weight is 308 g/mol. The van der Waals surface area contributed by atoms with Crippen molar-refractivity contribution >= 4 is 13.8 Å². The average Bonchev–Trinajstić information content (AvgIpc) is 2.26. The third kappa shape index (κ3) is 9.26. The van der Waals surface area contributed by atoms with Gasteiger partial charge in [-0.3, -0.25) is 9.05 Å². The number of nitrogens with zero attached hydrogens (tertiary/aromatic N) is 1. The Hall–Kier alpha value is -0.680. The fourth-order valence-corrected chi connectivity index (χ4v) is 2.50. The number of hydrogen-bond acceptors (Lipinski definition) is 5. The summed E-state index contributed by atoms with van der Waals surface area (Å²) in [5.41, 5.74) is 0.151. The molecule has 0 aromatic rings. The molecule has 0 amide bonds. The predicted octanol–water partition coefficient (Wildman–Crippen LogP) is 2.75. The van der Waals surface area contributed by atoms with Gasteiger partial charge >= 0.3 is 13.8 Å². The van der Waals surface area contributed by atoms with E-state index in [0.717, 1.165) is 23.9 Å². The second kappa shape index (κ2) is 8.57. The highest BCUT2D eigenvalue weighted by atomic mass is 31.2. The molecule has 0 saturated carbocycles. The van der Waals surface area contributed by atoms with Crippen molar-refractivity contribution in [3.8, 4) is 0 Å². The van der Waals surface area contributed by atoms with E-state index in [1.807, 2.05) is 0 Å². The van der Waals surface area contributed by atoms with Crippen molar-refractivity contribution in [3.05, 3.63) is 12.2 Å². The summed E-state index contributed by atoms with van der Waals surface area (Å²) in [6, 6.07) is 0. The molecule has 0 aliphatic carbocycles. The summed E-state index contributed by atoms with van der Waals surface area (Å²) in [6.45, 7) is 7.90. The maximum atomic E-state index is 12.2. The zero-order valence-corrected chi connectivity index (χ0v) is 14.1. The van der Waals surface area contributed by atoms with Crippen molar-refractivity contribution in [1.29, 1.82) is 0 Å². The third-order valence-corrected chi connectivity index (χ3v) is 3.77. The summed E-state index contributed by atoms with van der Waals surface area (Å²) in [4.78, 5) is 11.4. The molecule has 0 N–H and O–H groups in total. The monoisotopic (exact) mass is 308 g/mol. The largest absolute Gasteiger partial charge is 0.532 e. The Bertz CT molecular complexity index is 375. The normalized spacial score (nSPS) is 14.7. The van der Waals surface area contributed by atoms with E-state index < -0.39 is 13.8 Å². The fourth-order valence-electron chi connectivity index (χ4n) is 1.29. The molecule has 0 radical (unpaired) electrons. The van der Waals surface area contributed by atoms with Crippen molar-refractivity contribution in [2.75, 3.05) is 40.9 Å². The van der Waals surface area contributed by atoms with Crippen LogP contribution in [0.3, 0.4) is 0 Å². The highest BCUT2D eigenvalue weighted by molar-refractivity contribution is 7.49. The molecule has 6 nitrogen and oxygen atoms in total. The molecule has 118 valence electrons. The van der Waals surface area contributed by atoms with Crippen LogP contribution in [0.4, 0.5) is 0 Å². The van der Waals surface area contributed by atoms with Crippen LogP contribution in [0.25, 0.3) is 0 Å². The lowest BCUT2D eigenvalue weighted by atomic mass is 10.3. The van der Waals surface area contributed by atoms with E-state index in [9.17, 15) is 9.36 Å². The van der Waals surface area contributed by atoms with E-state index in [-0.39, 0.29) is 18.8 Å². The van der Waals surface area contributed by atoms with Gasteiger partial charge in [-0.05, 0) is 26.7 Å². The van der Waals surface area contributed by atoms with Crippen molar-refractivity contribution < 1.29 is 27.4 Å². The maximum absolute atomic E-state index is 12.2. The van der Waals surface area contributed by atoms with Crippen LogP contribution >= 0.6 is 7.82 Å². The molecule has 0 fully saturated rings. The number of carbonyl (C=O) groups is 1. The zero-order valence-electron chi connectivity index (χ0n) is 13.2. The van der Waals surface area contributed by atoms with E-state index in [0.29, 0.717) is 0 Å². The number of phosphoric ester groups is 1. The summed E-state index contributed by atoms with van der Waals surface area (Å²) in [5.74, 6) is -0.770. The molecule has 20 heavy (non-hydrogen) atoms. The number of rotatable bonds is 10. The van der Waals surface area contributed by atoms with Crippen LogP contribution in [-0.2, 0) is 22.9 Å². The van der Waals surface area contributed by atoms with Crippen molar-refractivity contribution in [2.45, 2.75) is 26.7 Å². The molecule has 0 bridgehead atoms. The molecule has 1 atom stereocenters. The number of carbonyl (C=O) groups excluding carboxylic acids is 1. The van der Waals surface area contributed by atoms with E-state index in [2.05, 4.69) is 27.7 Å². The minimum Gasteiger partial charge on any atom is -0.367 e. The highest BCUT2D eigenvalue weighted by Gasteiger charge is 2.30. The molecule has 0 aliphatic heterocycles. The quantitative estimate of drug-likeness (QED) is 0.269. The lowest BCUT2D eigenvalue weighted by Crippen LogP contribution is -2.35. The van der Waals surface area contributed by atoms with Gasteiger partial charge in [0.15, 0.2) is 0 Å². The van der Waals surface area contributed by atoms with E-state index in [4.69, 9.17) is 13.6 Å². The lowest BCUT2D eigenvalue weighted by Gasteiger charge is -2.23. The molecule has 0 aromatic carbocycles. The molecule has 1 unspecified atom stereocenters. The summed E-state index contributed by atoms with van der Waals surface area (Å²) in [5, 5.41) is 0. The second-order valence-corrected chi connectivity index (χ2v) is 7.17. The molecule has 0 heterocycles. The summed E-state index contributed by atoms with van der Waals surface area (Å²) in [7, 11) is 2.47. The minimum atomic E-state index is -3.83. The lowest BCUT2D eigenvalue weighted by molar-refractivity contribution is -0.870. The molecule has 0 saturated heterocycles. The first-order chi connectivity index (χ1) is 9.09. The third-order valence-electron chi connectivity index (χ3n) is 2.30. The molecule has 7 heteroatoms. The Labute approximate surface area is 121 Å². The topological polar surface area (TPSA) is 61.8 Å². The SMILES string of the molecule is C=C(C)C(=O)OP(=O)(OCC)OCCCC[N+](C)(C)C. The van der Waals surface area contributed by atoms with Gasteiger partial charge in [0.25, 0.3) is 0 Å². The number of hydrogen-bond donors (Lipinski definition) is 0.